The van der Waals surface area contributed by atoms with E-state index < -0.39 is 0 Å². The van der Waals surface area contributed by atoms with Crippen molar-refractivity contribution in [1.29, 1.82) is 0 Å². The van der Waals surface area contributed by atoms with Gasteiger partial charge < -0.3 is 10.2 Å². The van der Waals surface area contributed by atoms with E-state index in [4.69, 9.17) is 10.2 Å². The first kappa shape index (κ1) is 11.6. The summed E-state index contributed by atoms with van der Waals surface area (Å²) in [5.74, 6) is 1.83. The number of rotatable bonds is 2. The molecule has 2 N–H and O–H groups in total. The molecule has 0 spiro atoms. The van der Waals surface area contributed by atoms with Gasteiger partial charge in [-0.1, -0.05) is 26.7 Å². The molecule has 1 aromatic heterocycles. The number of nitrogen functional groups attached to an aromatic ring is 1. The topological polar surface area (TPSA) is 52.0 Å². The highest BCUT2D eigenvalue weighted by Gasteiger charge is 2.23. The minimum Gasteiger partial charge on any atom is -0.440 e. The predicted molar refractivity (Wildman–Crippen MR) is 73.7 cm³/mol. The molecule has 3 heteroatoms. The zero-order chi connectivity index (χ0) is 12.7. The lowest BCUT2D eigenvalue weighted by atomic mass is 10.0. The zero-order valence-electron chi connectivity index (χ0n) is 11.1. The van der Waals surface area contributed by atoms with Gasteiger partial charge in [-0.25, -0.2) is 4.98 Å². The van der Waals surface area contributed by atoms with Crippen LogP contribution in [0.25, 0.3) is 11.1 Å². The Morgan fingerprint density at radius 3 is 2.67 bits per heavy atom. The van der Waals surface area contributed by atoms with Crippen LogP contribution in [0, 0.1) is 0 Å². The van der Waals surface area contributed by atoms with Gasteiger partial charge in [0.1, 0.15) is 5.52 Å². The molecule has 0 aliphatic heterocycles. The molecule has 0 saturated heterocycles. The summed E-state index contributed by atoms with van der Waals surface area (Å²) in [6.45, 7) is 4.32. The van der Waals surface area contributed by atoms with Crippen molar-refractivity contribution >= 4 is 16.8 Å². The number of nitrogens with two attached hydrogens (primary N) is 1. The average Bonchev–Trinajstić information content (AvgIpc) is 2.95. The van der Waals surface area contributed by atoms with E-state index in [-0.39, 0.29) is 0 Å². The van der Waals surface area contributed by atoms with Gasteiger partial charge in [0, 0.05) is 17.2 Å². The molecule has 3 nitrogen and oxygen atoms in total. The van der Waals surface area contributed by atoms with Gasteiger partial charge in [0.25, 0.3) is 0 Å². The normalized spacial score (nSPS) is 17.1. The number of fused-ring (bicyclic) bond motifs is 1. The number of hydrogen-bond acceptors (Lipinski definition) is 3. The first-order valence-corrected chi connectivity index (χ1v) is 6.85. The van der Waals surface area contributed by atoms with Crippen molar-refractivity contribution in [2.75, 3.05) is 5.73 Å². The molecule has 0 radical (unpaired) electrons. The standard InChI is InChI=1S/C15H20N2O/c1-9(2)12-7-11(16)8-13-14(12)18-15(17-13)10-5-3-4-6-10/h7-10H,3-6,16H2,1-2H3. The van der Waals surface area contributed by atoms with Crippen LogP contribution in [0.2, 0.25) is 0 Å². The lowest BCUT2D eigenvalue weighted by molar-refractivity contribution is 0.471. The maximum absolute atomic E-state index is 6.03. The molecule has 0 amide bonds. The van der Waals surface area contributed by atoms with E-state index in [1.54, 1.807) is 0 Å². The molecular formula is C15H20N2O. The number of oxazole rings is 1. The Labute approximate surface area is 107 Å². The summed E-state index contributed by atoms with van der Waals surface area (Å²) in [7, 11) is 0. The van der Waals surface area contributed by atoms with E-state index in [0.29, 0.717) is 11.8 Å². The third kappa shape index (κ3) is 1.88. The molecular weight excluding hydrogens is 224 g/mol. The molecule has 1 aliphatic carbocycles. The molecule has 0 bridgehead atoms. The lowest BCUT2D eigenvalue weighted by Crippen LogP contribution is -1.92. The van der Waals surface area contributed by atoms with Crippen molar-refractivity contribution < 1.29 is 4.42 Å². The zero-order valence-corrected chi connectivity index (χ0v) is 11.1. The number of nitrogens with zero attached hydrogens (tertiary/aromatic N) is 1. The summed E-state index contributed by atoms with van der Waals surface area (Å²) in [5, 5.41) is 0. The van der Waals surface area contributed by atoms with Gasteiger partial charge in [-0.05, 0) is 30.9 Å². The van der Waals surface area contributed by atoms with Crippen LogP contribution in [-0.4, -0.2) is 4.98 Å². The number of aromatic nitrogens is 1. The molecule has 0 atom stereocenters. The van der Waals surface area contributed by atoms with Crippen LogP contribution in [0.3, 0.4) is 0 Å². The maximum atomic E-state index is 6.03. The quantitative estimate of drug-likeness (QED) is 0.806. The van der Waals surface area contributed by atoms with Crippen LogP contribution in [0.15, 0.2) is 16.5 Å². The fourth-order valence-electron chi connectivity index (χ4n) is 2.87. The SMILES string of the molecule is CC(C)c1cc(N)cc2nc(C3CCCC3)oc12. The molecule has 1 saturated carbocycles. The summed E-state index contributed by atoms with van der Waals surface area (Å²) in [6, 6.07) is 3.93. The van der Waals surface area contributed by atoms with Crippen molar-refractivity contribution in [2.24, 2.45) is 0 Å². The molecule has 1 aromatic carbocycles. The smallest absolute Gasteiger partial charge is 0.198 e. The van der Waals surface area contributed by atoms with E-state index >= 15 is 0 Å². The van der Waals surface area contributed by atoms with Gasteiger partial charge in [0.05, 0.1) is 0 Å². The Kier molecular flexibility index (Phi) is 2.77. The number of benzene rings is 1. The second kappa shape index (κ2) is 4.30. The molecule has 2 aromatic rings. The Morgan fingerprint density at radius 2 is 2.00 bits per heavy atom. The van der Waals surface area contributed by atoms with Crippen molar-refractivity contribution in [3.8, 4) is 0 Å². The van der Waals surface area contributed by atoms with E-state index in [1.807, 2.05) is 12.1 Å². The Hall–Kier alpha value is -1.51. The highest BCUT2D eigenvalue weighted by Crippen LogP contribution is 2.37. The van der Waals surface area contributed by atoms with E-state index in [1.165, 1.54) is 31.2 Å². The molecule has 3 rings (SSSR count). The summed E-state index contributed by atoms with van der Waals surface area (Å²) < 4.78 is 6.03. The monoisotopic (exact) mass is 244 g/mol. The summed E-state index contributed by atoms with van der Waals surface area (Å²) >= 11 is 0. The first-order chi connectivity index (χ1) is 8.65. The fraction of sp³-hybridized carbons (Fsp3) is 0.533. The van der Waals surface area contributed by atoms with Gasteiger partial charge in [-0.2, -0.15) is 0 Å². The average molecular weight is 244 g/mol. The Morgan fingerprint density at radius 1 is 1.28 bits per heavy atom. The third-order valence-corrected chi connectivity index (χ3v) is 3.88. The van der Waals surface area contributed by atoms with Crippen LogP contribution < -0.4 is 5.73 Å². The van der Waals surface area contributed by atoms with Crippen molar-refractivity contribution in [1.82, 2.24) is 4.98 Å². The van der Waals surface area contributed by atoms with Crippen LogP contribution in [0.4, 0.5) is 5.69 Å². The highest BCUT2D eigenvalue weighted by atomic mass is 16.3. The molecule has 1 fully saturated rings. The van der Waals surface area contributed by atoms with Crippen LogP contribution in [0.5, 0.6) is 0 Å². The van der Waals surface area contributed by atoms with Gasteiger partial charge in [-0.15, -0.1) is 0 Å². The fourth-order valence-corrected chi connectivity index (χ4v) is 2.87. The summed E-state index contributed by atoms with van der Waals surface area (Å²) in [4.78, 5) is 4.65. The van der Waals surface area contributed by atoms with Crippen molar-refractivity contribution in [3.63, 3.8) is 0 Å². The molecule has 1 heterocycles. The van der Waals surface area contributed by atoms with Gasteiger partial charge in [-0.3, -0.25) is 0 Å². The van der Waals surface area contributed by atoms with E-state index in [0.717, 1.165) is 22.7 Å². The Balaban J connectivity index is 2.12. The molecule has 96 valence electrons. The van der Waals surface area contributed by atoms with Gasteiger partial charge in [0.2, 0.25) is 0 Å². The second-order valence-corrected chi connectivity index (χ2v) is 5.65. The Bertz CT molecular complexity index is 565. The number of anilines is 1. The minimum atomic E-state index is 0.403. The molecule has 0 unspecified atom stereocenters. The first-order valence-electron chi connectivity index (χ1n) is 6.85. The van der Waals surface area contributed by atoms with Crippen LogP contribution >= 0.6 is 0 Å². The largest absolute Gasteiger partial charge is 0.440 e. The van der Waals surface area contributed by atoms with Crippen molar-refractivity contribution in [2.45, 2.75) is 51.4 Å². The summed E-state index contributed by atoms with van der Waals surface area (Å²) in [5.41, 5.74) is 9.74. The highest BCUT2D eigenvalue weighted by molar-refractivity contribution is 5.81. The van der Waals surface area contributed by atoms with Crippen LogP contribution in [0.1, 0.15) is 62.8 Å². The second-order valence-electron chi connectivity index (χ2n) is 5.65. The lowest BCUT2D eigenvalue weighted by Gasteiger charge is -2.06. The molecule has 18 heavy (non-hydrogen) atoms. The summed E-state index contributed by atoms with van der Waals surface area (Å²) in [6.07, 6.45) is 5.00. The van der Waals surface area contributed by atoms with Crippen LogP contribution in [-0.2, 0) is 0 Å². The van der Waals surface area contributed by atoms with E-state index in [9.17, 15) is 0 Å². The minimum absolute atomic E-state index is 0.403. The number of hydrogen-bond donors (Lipinski definition) is 1. The van der Waals surface area contributed by atoms with Crippen molar-refractivity contribution in [3.05, 3.63) is 23.6 Å². The third-order valence-electron chi connectivity index (χ3n) is 3.88. The molecule has 1 aliphatic rings. The van der Waals surface area contributed by atoms with Gasteiger partial charge in [0.15, 0.2) is 11.5 Å². The maximum Gasteiger partial charge on any atom is 0.198 e. The van der Waals surface area contributed by atoms with E-state index in [2.05, 4.69) is 18.8 Å². The predicted octanol–water partition coefficient (Wildman–Crippen LogP) is 4.19. The van der Waals surface area contributed by atoms with Gasteiger partial charge >= 0.3 is 0 Å².